The molecule has 0 atom stereocenters. The largest absolute Gasteiger partial charge is 0.321 e. The van der Waals surface area contributed by atoms with Crippen LogP contribution in [0.2, 0.25) is 5.02 Å². The van der Waals surface area contributed by atoms with E-state index in [1.807, 2.05) is 6.07 Å². The van der Waals surface area contributed by atoms with Crippen LogP contribution in [0.5, 0.6) is 0 Å². The Balaban J connectivity index is 2.33. The molecule has 0 aliphatic carbocycles. The van der Waals surface area contributed by atoms with Gasteiger partial charge in [-0.3, -0.25) is 4.79 Å². The zero-order valence-corrected chi connectivity index (χ0v) is 11.3. The molecule has 0 aromatic heterocycles. The third-order valence-corrected chi connectivity index (χ3v) is 3.12. The number of hydrogen-bond acceptors (Lipinski definition) is 2. The summed E-state index contributed by atoms with van der Waals surface area (Å²) in [4.78, 5) is 12.1. The standard InChI is InChI=1S/C15H10ClFN2O/c1-9-2-4-11(17)7-12(9)15(20)19-14-6-10(8-18)3-5-13(14)16/h2-7H,1H3,(H,19,20). The summed E-state index contributed by atoms with van der Waals surface area (Å²) >= 11 is 5.96. The zero-order chi connectivity index (χ0) is 14.7. The maximum absolute atomic E-state index is 13.2. The molecule has 2 rings (SSSR count). The van der Waals surface area contributed by atoms with Crippen LogP contribution in [-0.4, -0.2) is 5.91 Å². The summed E-state index contributed by atoms with van der Waals surface area (Å²) in [5.74, 6) is -0.961. The fraction of sp³-hybridized carbons (Fsp3) is 0.0667. The highest BCUT2D eigenvalue weighted by Crippen LogP contribution is 2.24. The van der Waals surface area contributed by atoms with E-state index < -0.39 is 11.7 Å². The quantitative estimate of drug-likeness (QED) is 0.911. The van der Waals surface area contributed by atoms with E-state index in [0.29, 0.717) is 21.8 Å². The van der Waals surface area contributed by atoms with E-state index in [9.17, 15) is 9.18 Å². The predicted octanol–water partition coefficient (Wildman–Crippen LogP) is 3.91. The van der Waals surface area contributed by atoms with Gasteiger partial charge in [0.1, 0.15) is 5.82 Å². The second-order valence-corrected chi connectivity index (χ2v) is 4.63. The van der Waals surface area contributed by atoms with Crippen molar-refractivity contribution >= 4 is 23.2 Å². The first kappa shape index (κ1) is 14.0. The van der Waals surface area contributed by atoms with E-state index >= 15 is 0 Å². The molecule has 0 bridgehead atoms. The molecular formula is C15H10ClFN2O. The minimum absolute atomic E-state index is 0.225. The number of amides is 1. The highest BCUT2D eigenvalue weighted by molar-refractivity contribution is 6.34. The van der Waals surface area contributed by atoms with Crippen molar-refractivity contribution in [2.75, 3.05) is 5.32 Å². The second kappa shape index (κ2) is 5.72. The maximum Gasteiger partial charge on any atom is 0.256 e. The molecule has 3 nitrogen and oxygen atoms in total. The molecule has 100 valence electrons. The number of nitrogens with zero attached hydrogens (tertiary/aromatic N) is 1. The van der Waals surface area contributed by atoms with Gasteiger partial charge in [-0.1, -0.05) is 17.7 Å². The van der Waals surface area contributed by atoms with Gasteiger partial charge < -0.3 is 5.32 Å². The molecule has 0 radical (unpaired) electrons. The highest BCUT2D eigenvalue weighted by Gasteiger charge is 2.12. The van der Waals surface area contributed by atoms with Crippen LogP contribution in [-0.2, 0) is 0 Å². The van der Waals surface area contributed by atoms with Crippen LogP contribution in [0.25, 0.3) is 0 Å². The van der Waals surface area contributed by atoms with Crippen LogP contribution >= 0.6 is 11.6 Å². The molecule has 0 spiro atoms. The van der Waals surface area contributed by atoms with Crippen molar-refractivity contribution in [2.45, 2.75) is 6.92 Å². The van der Waals surface area contributed by atoms with Crippen molar-refractivity contribution in [1.82, 2.24) is 0 Å². The van der Waals surface area contributed by atoms with Gasteiger partial charge in [0, 0.05) is 5.56 Å². The molecular weight excluding hydrogens is 279 g/mol. The van der Waals surface area contributed by atoms with Crippen LogP contribution < -0.4 is 5.32 Å². The number of carbonyl (C=O) groups is 1. The Bertz CT molecular complexity index is 722. The van der Waals surface area contributed by atoms with Crippen molar-refractivity contribution in [2.24, 2.45) is 0 Å². The molecule has 0 aliphatic heterocycles. The van der Waals surface area contributed by atoms with E-state index in [0.717, 1.165) is 6.07 Å². The summed E-state index contributed by atoms with van der Waals surface area (Å²) < 4.78 is 13.2. The molecule has 0 saturated heterocycles. The Kier molecular flexibility index (Phi) is 4.02. The normalized spacial score (nSPS) is 9.90. The lowest BCUT2D eigenvalue weighted by Crippen LogP contribution is -2.14. The van der Waals surface area contributed by atoms with E-state index in [2.05, 4.69) is 5.32 Å². The molecule has 5 heteroatoms. The Morgan fingerprint density at radius 2 is 2.05 bits per heavy atom. The fourth-order valence-corrected chi connectivity index (χ4v) is 1.88. The van der Waals surface area contributed by atoms with Gasteiger partial charge in [-0.05, 0) is 42.8 Å². The van der Waals surface area contributed by atoms with Gasteiger partial charge >= 0.3 is 0 Å². The fourth-order valence-electron chi connectivity index (χ4n) is 1.72. The number of nitrogens with one attached hydrogen (secondary N) is 1. The monoisotopic (exact) mass is 288 g/mol. The number of aryl methyl sites for hydroxylation is 1. The summed E-state index contributed by atoms with van der Waals surface area (Å²) in [7, 11) is 0. The molecule has 0 fully saturated rings. The van der Waals surface area contributed by atoms with Crippen molar-refractivity contribution in [3.05, 3.63) is 63.9 Å². The van der Waals surface area contributed by atoms with E-state index in [4.69, 9.17) is 16.9 Å². The highest BCUT2D eigenvalue weighted by atomic mass is 35.5. The van der Waals surface area contributed by atoms with Crippen LogP contribution in [0.4, 0.5) is 10.1 Å². The Morgan fingerprint density at radius 1 is 1.30 bits per heavy atom. The summed E-state index contributed by atoms with van der Waals surface area (Å²) in [6.07, 6.45) is 0. The number of rotatable bonds is 2. The van der Waals surface area contributed by atoms with Gasteiger partial charge in [-0.25, -0.2) is 4.39 Å². The Morgan fingerprint density at radius 3 is 2.75 bits per heavy atom. The van der Waals surface area contributed by atoms with Gasteiger partial charge in [0.2, 0.25) is 0 Å². The number of halogens is 2. The Hall–Kier alpha value is -2.38. The number of anilines is 1. The summed E-state index contributed by atoms with van der Waals surface area (Å²) in [5, 5.41) is 11.7. The van der Waals surface area contributed by atoms with Gasteiger partial charge in [0.25, 0.3) is 5.91 Å². The molecule has 0 heterocycles. The van der Waals surface area contributed by atoms with Crippen LogP contribution in [0.3, 0.4) is 0 Å². The van der Waals surface area contributed by atoms with Crippen LogP contribution in [0, 0.1) is 24.1 Å². The van der Waals surface area contributed by atoms with Crippen LogP contribution in [0.1, 0.15) is 21.5 Å². The molecule has 0 saturated carbocycles. The topological polar surface area (TPSA) is 52.9 Å². The lowest BCUT2D eigenvalue weighted by Gasteiger charge is -2.09. The molecule has 20 heavy (non-hydrogen) atoms. The first-order chi connectivity index (χ1) is 9.51. The summed E-state index contributed by atoms with van der Waals surface area (Å²) in [6.45, 7) is 1.71. The van der Waals surface area contributed by atoms with Crippen molar-refractivity contribution in [1.29, 1.82) is 5.26 Å². The lowest BCUT2D eigenvalue weighted by atomic mass is 10.1. The average Bonchev–Trinajstić information content (AvgIpc) is 2.43. The van der Waals surface area contributed by atoms with Crippen LogP contribution in [0.15, 0.2) is 36.4 Å². The number of carbonyl (C=O) groups excluding carboxylic acids is 1. The maximum atomic E-state index is 13.2. The summed E-state index contributed by atoms with van der Waals surface area (Å²) in [6, 6.07) is 10.5. The number of hydrogen-bond donors (Lipinski definition) is 1. The second-order valence-electron chi connectivity index (χ2n) is 4.22. The third-order valence-electron chi connectivity index (χ3n) is 2.79. The molecule has 2 aromatic rings. The van der Waals surface area contributed by atoms with Crippen molar-refractivity contribution in [3.8, 4) is 6.07 Å². The van der Waals surface area contributed by atoms with Gasteiger partial charge in [0.15, 0.2) is 0 Å². The first-order valence-electron chi connectivity index (χ1n) is 5.78. The van der Waals surface area contributed by atoms with E-state index in [-0.39, 0.29) is 5.56 Å². The van der Waals surface area contributed by atoms with Crippen molar-refractivity contribution < 1.29 is 9.18 Å². The first-order valence-corrected chi connectivity index (χ1v) is 6.16. The zero-order valence-electron chi connectivity index (χ0n) is 10.6. The number of benzene rings is 2. The third kappa shape index (κ3) is 2.95. The van der Waals surface area contributed by atoms with E-state index in [1.54, 1.807) is 13.0 Å². The molecule has 0 aliphatic rings. The Labute approximate surface area is 120 Å². The molecule has 1 amide bonds. The van der Waals surface area contributed by atoms with Gasteiger partial charge in [-0.15, -0.1) is 0 Å². The smallest absolute Gasteiger partial charge is 0.256 e. The lowest BCUT2D eigenvalue weighted by molar-refractivity contribution is 0.102. The summed E-state index contributed by atoms with van der Waals surface area (Å²) in [5.41, 5.74) is 1.57. The number of nitriles is 1. The SMILES string of the molecule is Cc1ccc(F)cc1C(=O)Nc1cc(C#N)ccc1Cl. The average molecular weight is 289 g/mol. The van der Waals surface area contributed by atoms with Gasteiger partial charge in [-0.2, -0.15) is 5.26 Å². The minimum atomic E-state index is -0.488. The van der Waals surface area contributed by atoms with E-state index in [1.165, 1.54) is 24.3 Å². The molecule has 1 N–H and O–H groups in total. The minimum Gasteiger partial charge on any atom is -0.321 e. The van der Waals surface area contributed by atoms with Gasteiger partial charge in [0.05, 0.1) is 22.3 Å². The van der Waals surface area contributed by atoms with Crippen molar-refractivity contribution in [3.63, 3.8) is 0 Å². The molecule has 0 unspecified atom stereocenters. The molecule has 2 aromatic carbocycles. The predicted molar refractivity (Wildman–Crippen MR) is 75.3 cm³/mol.